The molecule has 0 saturated carbocycles. The van der Waals surface area contributed by atoms with Crippen LogP contribution in [-0.2, 0) is 12.8 Å². The van der Waals surface area contributed by atoms with Crippen molar-refractivity contribution in [3.63, 3.8) is 0 Å². The zero-order valence-electron chi connectivity index (χ0n) is 35.3. The first kappa shape index (κ1) is 39.3. The molecule has 0 aliphatic carbocycles. The zero-order valence-corrected chi connectivity index (χ0v) is 35.3. The van der Waals surface area contributed by atoms with Crippen molar-refractivity contribution in [3.05, 3.63) is 118 Å². The number of H-pyrrole nitrogens is 2. The minimum absolute atomic E-state index is 0.995. The van der Waals surface area contributed by atoms with Crippen LogP contribution in [0.2, 0.25) is 0 Å². The molecule has 7 rings (SSSR count). The fourth-order valence-corrected chi connectivity index (χ4v) is 8.86. The molecule has 8 bridgehead atoms. The van der Waals surface area contributed by atoms with Gasteiger partial charge in [0, 0.05) is 22.2 Å². The van der Waals surface area contributed by atoms with E-state index in [1.165, 1.54) is 88.9 Å². The molecule has 5 heterocycles. The van der Waals surface area contributed by atoms with Gasteiger partial charge in [-0.25, -0.2) is 9.97 Å². The van der Waals surface area contributed by atoms with Crippen LogP contribution in [0.4, 0.5) is 0 Å². The normalized spacial score (nSPS) is 13.0. The molecule has 2 aromatic carbocycles. The highest BCUT2D eigenvalue weighted by Crippen LogP contribution is 2.45. The molecule has 3 aromatic heterocycles. The number of aromatic amines is 2. The van der Waals surface area contributed by atoms with E-state index in [9.17, 15) is 0 Å². The SMILES string of the molecule is CCCCC1=C(C)c2cc3nc(c(-c4ccccc4)c4[nH]c(cc5[nH]c(c(CCCC)c5C)c(-c5ccccc5)c1n2)c(C)c4CCCC)C(CCCC)=C3C. The Kier molecular flexibility index (Phi) is 12.2. The quantitative estimate of drug-likeness (QED) is 0.119. The average Bonchev–Trinajstić information content (AvgIpc) is 3.89. The van der Waals surface area contributed by atoms with Crippen LogP contribution >= 0.6 is 0 Å². The molecule has 2 aliphatic heterocycles. The monoisotopic (exact) mass is 742 g/mol. The number of unbranched alkanes of at least 4 members (excludes halogenated alkanes) is 4. The van der Waals surface area contributed by atoms with Crippen molar-refractivity contribution < 1.29 is 0 Å². The first-order chi connectivity index (χ1) is 27.3. The number of nitrogens with zero attached hydrogens (tertiary/aromatic N) is 2. The van der Waals surface area contributed by atoms with Crippen molar-refractivity contribution in [2.24, 2.45) is 0 Å². The second-order valence-corrected chi connectivity index (χ2v) is 16.1. The molecule has 0 spiro atoms. The highest BCUT2D eigenvalue weighted by Gasteiger charge is 2.27. The van der Waals surface area contributed by atoms with Gasteiger partial charge in [-0.1, -0.05) is 114 Å². The van der Waals surface area contributed by atoms with Crippen LogP contribution in [0.25, 0.3) is 66.6 Å². The predicted molar refractivity (Wildman–Crippen MR) is 243 cm³/mol. The fraction of sp³-hybridized carbons (Fsp3) is 0.385. The third kappa shape index (κ3) is 7.48. The fourth-order valence-electron chi connectivity index (χ4n) is 8.86. The van der Waals surface area contributed by atoms with Crippen molar-refractivity contribution >= 4 is 44.4 Å². The zero-order chi connectivity index (χ0) is 39.3. The van der Waals surface area contributed by atoms with Crippen LogP contribution in [0.3, 0.4) is 0 Å². The molecule has 0 atom stereocenters. The van der Waals surface area contributed by atoms with Gasteiger partial charge in [-0.15, -0.1) is 0 Å². The van der Waals surface area contributed by atoms with Gasteiger partial charge in [-0.05, 0) is 147 Å². The summed E-state index contributed by atoms with van der Waals surface area (Å²) in [6.45, 7) is 18.4. The molecular weight excluding hydrogens is 681 g/mol. The van der Waals surface area contributed by atoms with Crippen molar-refractivity contribution in [3.8, 4) is 22.3 Å². The van der Waals surface area contributed by atoms with Gasteiger partial charge < -0.3 is 9.97 Å². The van der Waals surface area contributed by atoms with E-state index in [-0.39, 0.29) is 0 Å². The minimum atomic E-state index is 0.995. The Morgan fingerprint density at radius 1 is 0.464 bits per heavy atom. The Hall–Kier alpha value is -4.96. The van der Waals surface area contributed by atoms with Crippen LogP contribution in [0, 0.1) is 13.8 Å². The smallest absolute Gasteiger partial charge is 0.0771 e. The molecule has 2 N–H and O–H groups in total. The number of aryl methyl sites for hydroxylation is 4. The van der Waals surface area contributed by atoms with Crippen molar-refractivity contribution in [1.82, 2.24) is 19.9 Å². The molecule has 2 aliphatic rings. The molecule has 0 radical (unpaired) electrons. The topological polar surface area (TPSA) is 57.4 Å². The number of hydrogen-bond donors (Lipinski definition) is 2. The summed E-state index contributed by atoms with van der Waals surface area (Å²) in [7, 11) is 0. The van der Waals surface area contributed by atoms with Crippen molar-refractivity contribution in [2.45, 2.75) is 132 Å². The van der Waals surface area contributed by atoms with Gasteiger partial charge in [0.2, 0.25) is 0 Å². The lowest BCUT2D eigenvalue weighted by Gasteiger charge is -2.11. The van der Waals surface area contributed by atoms with Gasteiger partial charge in [-0.3, -0.25) is 0 Å². The molecule has 56 heavy (non-hydrogen) atoms. The first-order valence-corrected chi connectivity index (χ1v) is 21.6. The average molecular weight is 743 g/mol. The lowest BCUT2D eigenvalue weighted by molar-refractivity contribution is 0.796. The molecule has 4 heteroatoms. The molecule has 0 saturated heterocycles. The Bertz CT molecular complexity index is 2270. The number of hydrogen-bond acceptors (Lipinski definition) is 2. The van der Waals surface area contributed by atoms with E-state index in [0.29, 0.717) is 0 Å². The minimum Gasteiger partial charge on any atom is -0.354 e. The number of allylic oxidation sites excluding steroid dienone is 4. The van der Waals surface area contributed by atoms with Crippen LogP contribution in [0.1, 0.15) is 151 Å². The summed E-state index contributed by atoms with van der Waals surface area (Å²) in [4.78, 5) is 19.5. The number of aromatic nitrogens is 4. The largest absolute Gasteiger partial charge is 0.354 e. The maximum Gasteiger partial charge on any atom is 0.0771 e. The molecule has 5 aromatic rings. The standard InChI is InChI=1S/C52H62N4/c1-9-13-27-39-33(5)43-31-44-35(7)41(29-15-11-3)51(55-44)48(38-25-21-18-22-26-38)52-42(30-16-12-4)36(8)46(56-52)32-45-34(6)40(28-14-10-2)50(54-45)47(49(39)53-43)37-23-19-17-20-24-37/h17-26,31-32,53,55H,9-16,27-30H2,1-8H3. The second kappa shape index (κ2) is 17.5. The Labute approximate surface area is 335 Å². The van der Waals surface area contributed by atoms with Gasteiger partial charge in [-0.2, -0.15) is 0 Å². The van der Waals surface area contributed by atoms with Crippen LogP contribution < -0.4 is 0 Å². The number of fused-ring (bicyclic) bond motifs is 8. The van der Waals surface area contributed by atoms with Crippen LogP contribution in [0.15, 0.2) is 72.8 Å². The highest BCUT2D eigenvalue weighted by molar-refractivity contribution is 6.03. The highest BCUT2D eigenvalue weighted by atomic mass is 14.8. The number of nitrogens with one attached hydrogen (secondary N) is 2. The van der Waals surface area contributed by atoms with E-state index >= 15 is 0 Å². The van der Waals surface area contributed by atoms with Gasteiger partial charge in [0.05, 0.1) is 33.8 Å². The number of benzene rings is 2. The van der Waals surface area contributed by atoms with Crippen molar-refractivity contribution in [2.75, 3.05) is 0 Å². The molecule has 290 valence electrons. The Morgan fingerprint density at radius 3 is 1.21 bits per heavy atom. The first-order valence-electron chi connectivity index (χ1n) is 21.6. The lowest BCUT2D eigenvalue weighted by atomic mass is 9.92. The summed E-state index contributed by atoms with van der Waals surface area (Å²) in [5.74, 6) is 0. The summed E-state index contributed by atoms with van der Waals surface area (Å²) in [5, 5.41) is 0. The van der Waals surface area contributed by atoms with E-state index in [1.54, 1.807) is 0 Å². The van der Waals surface area contributed by atoms with E-state index < -0.39 is 0 Å². The van der Waals surface area contributed by atoms with Gasteiger partial charge in [0.1, 0.15) is 0 Å². The summed E-state index contributed by atoms with van der Waals surface area (Å²) in [6.07, 6.45) is 13.1. The van der Waals surface area contributed by atoms with Crippen molar-refractivity contribution in [1.29, 1.82) is 0 Å². The maximum absolute atomic E-state index is 5.68. The van der Waals surface area contributed by atoms with Crippen LogP contribution in [0.5, 0.6) is 0 Å². The predicted octanol–water partition coefficient (Wildman–Crippen LogP) is 15.2. The molecular formula is C52H62N4. The maximum atomic E-state index is 5.68. The summed E-state index contributed by atoms with van der Waals surface area (Å²) in [5.41, 5.74) is 24.6. The lowest BCUT2D eigenvalue weighted by Crippen LogP contribution is -1.94. The molecule has 4 nitrogen and oxygen atoms in total. The molecule has 0 unspecified atom stereocenters. The van der Waals surface area contributed by atoms with E-state index in [0.717, 1.165) is 99.8 Å². The van der Waals surface area contributed by atoms with Gasteiger partial charge >= 0.3 is 0 Å². The Morgan fingerprint density at radius 2 is 0.839 bits per heavy atom. The molecule has 0 amide bonds. The summed E-state index contributed by atoms with van der Waals surface area (Å²) >= 11 is 0. The second-order valence-electron chi connectivity index (χ2n) is 16.1. The number of rotatable bonds is 14. The van der Waals surface area contributed by atoms with E-state index in [1.807, 2.05) is 0 Å². The third-order valence-electron chi connectivity index (χ3n) is 12.3. The van der Waals surface area contributed by atoms with Gasteiger partial charge in [0.15, 0.2) is 0 Å². The van der Waals surface area contributed by atoms with E-state index in [2.05, 4.69) is 138 Å². The third-order valence-corrected chi connectivity index (χ3v) is 12.3. The summed E-state index contributed by atoms with van der Waals surface area (Å²) in [6, 6.07) is 26.7. The van der Waals surface area contributed by atoms with E-state index in [4.69, 9.17) is 9.97 Å². The Balaban J connectivity index is 1.75. The van der Waals surface area contributed by atoms with Crippen LogP contribution in [-0.4, -0.2) is 19.9 Å². The van der Waals surface area contributed by atoms with Gasteiger partial charge in [0.25, 0.3) is 0 Å². The molecule has 0 fully saturated rings. The summed E-state index contributed by atoms with van der Waals surface area (Å²) < 4.78 is 0.